The number of carbonyl (C=O) groups excluding carboxylic acids is 1. The third-order valence-electron chi connectivity index (χ3n) is 1.69. The lowest BCUT2D eigenvalue weighted by atomic mass is 10.4. The van der Waals surface area contributed by atoms with Gasteiger partial charge in [-0.3, -0.25) is 4.79 Å². The first kappa shape index (κ1) is 8.09. The Morgan fingerprint density at radius 1 is 1.73 bits per heavy atom. The Labute approximate surface area is 66.8 Å². The average Bonchev–Trinajstić information content (AvgIpc) is 2.18. The third-order valence-corrected chi connectivity index (χ3v) is 1.69. The van der Waals surface area contributed by atoms with E-state index >= 15 is 0 Å². The number of carbonyl (C=O) groups is 1. The summed E-state index contributed by atoms with van der Waals surface area (Å²) in [7, 11) is 0. The predicted molar refractivity (Wildman–Crippen MR) is 42.9 cm³/mol. The SMILES string of the molecule is C#CCN1CCCNCC1=O. The van der Waals surface area contributed by atoms with Gasteiger partial charge in [0.05, 0.1) is 13.1 Å². The fraction of sp³-hybridized carbons (Fsp3) is 0.625. The van der Waals surface area contributed by atoms with E-state index in [0.717, 1.165) is 19.5 Å². The molecule has 60 valence electrons. The standard InChI is InChI=1S/C8H12N2O/c1-2-5-10-6-3-4-9-7-8(10)11/h1,9H,3-7H2. The van der Waals surface area contributed by atoms with E-state index in [2.05, 4.69) is 11.2 Å². The molecule has 11 heavy (non-hydrogen) atoms. The van der Waals surface area contributed by atoms with Gasteiger partial charge in [-0.05, 0) is 13.0 Å². The van der Waals surface area contributed by atoms with Gasteiger partial charge in [0.25, 0.3) is 0 Å². The molecule has 1 saturated heterocycles. The summed E-state index contributed by atoms with van der Waals surface area (Å²) in [5.41, 5.74) is 0. The molecule has 0 aromatic rings. The first-order valence-electron chi connectivity index (χ1n) is 3.76. The molecular weight excluding hydrogens is 140 g/mol. The van der Waals surface area contributed by atoms with Crippen molar-refractivity contribution < 1.29 is 4.79 Å². The van der Waals surface area contributed by atoms with Gasteiger partial charge in [-0.1, -0.05) is 5.92 Å². The topological polar surface area (TPSA) is 32.3 Å². The lowest BCUT2D eigenvalue weighted by Gasteiger charge is -2.15. The van der Waals surface area contributed by atoms with Crippen LogP contribution < -0.4 is 5.32 Å². The van der Waals surface area contributed by atoms with Gasteiger partial charge in [0, 0.05) is 6.54 Å². The molecule has 0 atom stereocenters. The van der Waals surface area contributed by atoms with Gasteiger partial charge in [-0.25, -0.2) is 0 Å². The number of hydrogen-bond donors (Lipinski definition) is 1. The first-order chi connectivity index (χ1) is 5.34. The van der Waals surface area contributed by atoms with E-state index in [1.165, 1.54) is 0 Å². The van der Waals surface area contributed by atoms with Crippen molar-refractivity contribution in [2.75, 3.05) is 26.2 Å². The highest BCUT2D eigenvalue weighted by Crippen LogP contribution is 1.94. The highest BCUT2D eigenvalue weighted by molar-refractivity contribution is 5.78. The maximum absolute atomic E-state index is 11.2. The highest BCUT2D eigenvalue weighted by atomic mass is 16.2. The first-order valence-corrected chi connectivity index (χ1v) is 3.76. The summed E-state index contributed by atoms with van der Waals surface area (Å²) >= 11 is 0. The van der Waals surface area contributed by atoms with Crippen LogP contribution in [0.4, 0.5) is 0 Å². The fourth-order valence-corrected chi connectivity index (χ4v) is 1.10. The minimum absolute atomic E-state index is 0.112. The molecule has 0 spiro atoms. The van der Waals surface area contributed by atoms with Gasteiger partial charge in [-0.2, -0.15) is 0 Å². The van der Waals surface area contributed by atoms with Crippen LogP contribution in [0.2, 0.25) is 0 Å². The monoisotopic (exact) mass is 152 g/mol. The largest absolute Gasteiger partial charge is 0.330 e. The van der Waals surface area contributed by atoms with E-state index in [1.54, 1.807) is 4.90 Å². The van der Waals surface area contributed by atoms with Crippen LogP contribution in [0.5, 0.6) is 0 Å². The molecular formula is C8H12N2O. The molecule has 0 aromatic carbocycles. The number of rotatable bonds is 1. The third kappa shape index (κ3) is 2.24. The molecule has 1 N–H and O–H groups in total. The Hall–Kier alpha value is -1.01. The lowest BCUT2D eigenvalue weighted by molar-refractivity contribution is -0.128. The zero-order valence-corrected chi connectivity index (χ0v) is 6.47. The molecule has 0 unspecified atom stereocenters. The molecule has 0 aliphatic carbocycles. The van der Waals surface area contributed by atoms with Crippen molar-refractivity contribution in [3.63, 3.8) is 0 Å². The number of terminal acetylenes is 1. The van der Waals surface area contributed by atoms with Gasteiger partial charge >= 0.3 is 0 Å². The summed E-state index contributed by atoms with van der Waals surface area (Å²) in [6.07, 6.45) is 6.10. The van der Waals surface area contributed by atoms with E-state index in [-0.39, 0.29) is 5.91 Å². The summed E-state index contributed by atoms with van der Waals surface area (Å²) in [5.74, 6) is 2.58. The predicted octanol–water partition coefficient (Wildman–Crippen LogP) is -0.558. The smallest absolute Gasteiger partial charge is 0.237 e. The second kappa shape index (κ2) is 3.99. The van der Waals surface area contributed by atoms with Crippen LogP contribution in [-0.2, 0) is 4.79 Å². The summed E-state index contributed by atoms with van der Waals surface area (Å²) in [5, 5.41) is 3.03. The molecule has 1 fully saturated rings. The van der Waals surface area contributed by atoms with Crippen LogP contribution in [0.3, 0.4) is 0 Å². The maximum Gasteiger partial charge on any atom is 0.237 e. The van der Waals surface area contributed by atoms with Crippen molar-refractivity contribution in [2.45, 2.75) is 6.42 Å². The molecule has 0 saturated carbocycles. The Morgan fingerprint density at radius 2 is 2.55 bits per heavy atom. The summed E-state index contributed by atoms with van der Waals surface area (Å²) < 4.78 is 0. The van der Waals surface area contributed by atoms with E-state index in [1.807, 2.05) is 0 Å². The average molecular weight is 152 g/mol. The number of nitrogens with zero attached hydrogens (tertiary/aromatic N) is 1. The zero-order chi connectivity index (χ0) is 8.10. The maximum atomic E-state index is 11.2. The molecule has 1 aliphatic rings. The molecule has 1 aliphatic heterocycles. The molecule has 3 heteroatoms. The minimum Gasteiger partial charge on any atom is -0.330 e. The Morgan fingerprint density at radius 3 is 3.27 bits per heavy atom. The Balaban J connectivity index is 2.47. The van der Waals surface area contributed by atoms with Crippen LogP contribution in [-0.4, -0.2) is 37.0 Å². The van der Waals surface area contributed by atoms with E-state index in [0.29, 0.717) is 13.1 Å². The van der Waals surface area contributed by atoms with Crippen molar-refractivity contribution in [1.29, 1.82) is 0 Å². The lowest BCUT2D eigenvalue weighted by Crippen LogP contribution is -2.34. The van der Waals surface area contributed by atoms with Crippen LogP contribution in [0.1, 0.15) is 6.42 Å². The Bertz CT molecular complexity index is 183. The van der Waals surface area contributed by atoms with Crippen molar-refractivity contribution in [3.05, 3.63) is 0 Å². The minimum atomic E-state index is 0.112. The van der Waals surface area contributed by atoms with E-state index in [4.69, 9.17) is 6.42 Å². The van der Waals surface area contributed by atoms with E-state index < -0.39 is 0 Å². The number of amides is 1. The van der Waals surface area contributed by atoms with Crippen LogP contribution in [0, 0.1) is 12.3 Å². The van der Waals surface area contributed by atoms with Gasteiger partial charge in [-0.15, -0.1) is 6.42 Å². The fourth-order valence-electron chi connectivity index (χ4n) is 1.10. The second-order valence-corrected chi connectivity index (χ2v) is 2.55. The van der Waals surface area contributed by atoms with Crippen LogP contribution in [0.15, 0.2) is 0 Å². The van der Waals surface area contributed by atoms with Crippen molar-refractivity contribution in [3.8, 4) is 12.3 Å². The molecule has 3 nitrogen and oxygen atoms in total. The zero-order valence-electron chi connectivity index (χ0n) is 6.47. The normalized spacial score (nSPS) is 19.2. The van der Waals surface area contributed by atoms with Gasteiger partial charge in [0.2, 0.25) is 5.91 Å². The summed E-state index contributed by atoms with van der Waals surface area (Å²) in [4.78, 5) is 12.9. The molecule has 1 heterocycles. The molecule has 0 bridgehead atoms. The second-order valence-electron chi connectivity index (χ2n) is 2.55. The van der Waals surface area contributed by atoms with Gasteiger partial charge in [0.1, 0.15) is 0 Å². The molecule has 0 radical (unpaired) electrons. The van der Waals surface area contributed by atoms with Crippen LogP contribution in [0.25, 0.3) is 0 Å². The van der Waals surface area contributed by atoms with E-state index in [9.17, 15) is 4.79 Å². The van der Waals surface area contributed by atoms with Gasteiger partial charge in [0.15, 0.2) is 0 Å². The summed E-state index contributed by atoms with van der Waals surface area (Å²) in [6.45, 7) is 2.57. The number of nitrogens with one attached hydrogen (secondary N) is 1. The highest BCUT2D eigenvalue weighted by Gasteiger charge is 2.13. The molecule has 1 rings (SSSR count). The quantitative estimate of drug-likeness (QED) is 0.511. The van der Waals surface area contributed by atoms with Gasteiger partial charge < -0.3 is 10.2 Å². The molecule has 0 aromatic heterocycles. The van der Waals surface area contributed by atoms with Crippen molar-refractivity contribution in [2.24, 2.45) is 0 Å². The van der Waals surface area contributed by atoms with Crippen molar-refractivity contribution in [1.82, 2.24) is 10.2 Å². The Kier molecular flexibility index (Phi) is 2.94. The summed E-state index contributed by atoms with van der Waals surface area (Å²) in [6, 6.07) is 0. The van der Waals surface area contributed by atoms with Crippen LogP contribution >= 0.6 is 0 Å². The number of hydrogen-bond acceptors (Lipinski definition) is 2. The molecule has 1 amide bonds. The van der Waals surface area contributed by atoms with Crippen molar-refractivity contribution >= 4 is 5.91 Å².